The molecule has 1 aromatic heterocycles. The lowest BCUT2D eigenvalue weighted by Gasteiger charge is -2.33. The summed E-state index contributed by atoms with van der Waals surface area (Å²) in [6, 6.07) is 13.4. The van der Waals surface area contributed by atoms with E-state index in [9.17, 15) is 19.5 Å². The summed E-state index contributed by atoms with van der Waals surface area (Å²) in [6.45, 7) is 3.86. The van der Waals surface area contributed by atoms with Gasteiger partial charge >= 0.3 is 0 Å². The third-order valence-corrected chi connectivity index (χ3v) is 7.74. The lowest BCUT2D eigenvalue weighted by molar-refractivity contribution is -0.127. The van der Waals surface area contributed by atoms with Gasteiger partial charge in [0.05, 0.1) is 23.9 Å². The maximum absolute atomic E-state index is 14.6. The van der Waals surface area contributed by atoms with Crippen molar-refractivity contribution in [3.05, 3.63) is 65.7 Å². The Morgan fingerprint density at radius 1 is 1.13 bits per heavy atom. The monoisotopic (exact) mass is 615 g/mol. The number of amides is 2. The lowest BCUT2D eigenvalue weighted by atomic mass is 9.99. The highest BCUT2D eigenvalue weighted by Crippen LogP contribution is 2.42. The van der Waals surface area contributed by atoms with E-state index in [1.807, 2.05) is 12.1 Å². The Labute approximate surface area is 258 Å². The highest BCUT2D eigenvalue weighted by molar-refractivity contribution is 6.08. The number of hydrogen-bond acceptors (Lipinski definition) is 10. The molecule has 0 saturated carbocycles. The molecule has 1 fully saturated rings. The Morgan fingerprint density at radius 2 is 1.93 bits per heavy atom. The Balaban J connectivity index is 1.50. The number of anilines is 1. The number of phenolic OH excluding ortho intramolecular Hbond substituents is 1. The van der Waals surface area contributed by atoms with Gasteiger partial charge in [-0.3, -0.25) is 19.3 Å². The number of phenols is 1. The molecule has 2 amide bonds. The molecule has 13 heteroatoms. The van der Waals surface area contributed by atoms with E-state index in [-0.39, 0.29) is 61.1 Å². The second-order valence-corrected chi connectivity index (χ2v) is 10.7. The summed E-state index contributed by atoms with van der Waals surface area (Å²) >= 11 is 0. The van der Waals surface area contributed by atoms with Crippen LogP contribution in [0.3, 0.4) is 0 Å². The van der Waals surface area contributed by atoms with Crippen LogP contribution in [0.2, 0.25) is 0 Å². The smallest absolute Gasteiger partial charge is 0.249 e. The molecule has 3 aromatic carbocycles. The SMILES string of the molecule is CCOc1cc([C@H](C(=O)NC[C@H]2CCCO2)N(C(=O)Cn2nnc3ccccc32)c2cc3c(cc2C(C)=O)OCO3)ccc1O. The van der Waals surface area contributed by atoms with E-state index in [1.165, 1.54) is 40.8 Å². The molecule has 0 aliphatic carbocycles. The number of benzene rings is 3. The third kappa shape index (κ3) is 6.11. The van der Waals surface area contributed by atoms with Crippen LogP contribution in [0.25, 0.3) is 11.0 Å². The topological polar surface area (TPSA) is 154 Å². The second-order valence-electron chi connectivity index (χ2n) is 10.7. The Bertz CT molecular complexity index is 1750. The predicted molar refractivity (Wildman–Crippen MR) is 162 cm³/mol. The molecule has 45 heavy (non-hydrogen) atoms. The molecule has 4 aromatic rings. The number of fused-ring (bicyclic) bond motifs is 2. The molecule has 0 bridgehead atoms. The fraction of sp³-hybridized carbons (Fsp3) is 0.344. The Kier molecular flexibility index (Phi) is 8.52. The molecule has 3 heterocycles. The van der Waals surface area contributed by atoms with Crippen LogP contribution in [0.1, 0.15) is 48.7 Å². The normalized spacial score (nSPS) is 16.0. The van der Waals surface area contributed by atoms with Crippen LogP contribution in [-0.2, 0) is 20.9 Å². The zero-order valence-corrected chi connectivity index (χ0v) is 24.9. The molecule has 2 atom stereocenters. The van der Waals surface area contributed by atoms with E-state index in [4.69, 9.17) is 18.9 Å². The van der Waals surface area contributed by atoms with Gasteiger partial charge in [-0.2, -0.15) is 0 Å². The van der Waals surface area contributed by atoms with Crippen LogP contribution in [0, 0.1) is 0 Å². The molecule has 2 aliphatic rings. The first-order valence-corrected chi connectivity index (χ1v) is 14.7. The molecule has 13 nitrogen and oxygen atoms in total. The summed E-state index contributed by atoms with van der Waals surface area (Å²) in [5, 5.41) is 21.8. The van der Waals surface area contributed by atoms with Crippen LogP contribution < -0.4 is 24.4 Å². The Hall–Kier alpha value is -5.17. The van der Waals surface area contributed by atoms with Crippen LogP contribution >= 0.6 is 0 Å². The van der Waals surface area contributed by atoms with Crippen molar-refractivity contribution in [1.82, 2.24) is 20.3 Å². The summed E-state index contributed by atoms with van der Waals surface area (Å²) < 4.78 is 23.9. The predicted octanol–water partition coefficient (Wildman–Crippen LogP) is 3.54. The van der Waals surface area contributed by atoms with Crippen LogP contribution in [-0.4, -0.2) is 70.4 Å². The van der Waals surface area contributed by atoms with Crippen LogP contribution in [0.4, 0.5) is 5.69 Å². The lowest BCUT2D eigenvalue weighted by Crippen LogP contribution is -2.47. The molecule has 6 rings (SSSR count). The standard InChI is InChI=1S/C32H33N5O8/c1-3-42-27-13-20(10-11-26(27)39)31(32(41)33-16-21-7-6-12-43-21)37(25-15-29-28(44-18-45-29)14-22(25)19(2)38)30(40)17-36-24-9-5-4-8-23(24)34-35-36/h4-5,8-11,13-15,21,31,39H,3,6-7,12,16-18H2,1-2H3,(H,33,41)/t21-,31-/m1/s1. The zero-order valence-electron chi connectivity index (χ0n) is 24.9. The van der Waals surface area contributed by atoms with Gasteiger partial charge in [-0.25, -0.2) is 4.68 Å². The number of ketones is 1. The maximum atomic E-state index is 14.6. The number of carbonyl (C=O) groups is 3. The van der Waals surface area contributed by atoms with Gasteiger partial charge in [0.2, 0.25) is 18.6 Å². The Morgan fingerprint density at radius 3 is 2.69 bits per heavy atom. The average Bonchev–Trinajstić information content (AvgIpc) is 3.81. The van der Waals surface area contributed by atoms with Crippen molar-refractivity contribution in [2.45, 2.75) is 45.4 Å². The van der Waals surface area contributed by atoms with Crippen LogP contribution in [0.15, 0.2) is 54.6 Å². The van der Waals surface area contributed by atoms with E-state index < -0.39 is 17.9 Å². The summed E-state index contributed by atoms with van der Waals surface area (Å²) in [5.74, 6) is -0.762. The summed E-state index contributed by atoms with van der Waals surface area (Å²) in [6.07, 6.45) is 1.50. The van der Waals surface area contributed by atoms with Gasteiger partial charge in [0.15, 0.2) is 28.8 Å². The van der Waals surface area contributed by atoms with E-state index in [2.05, 4.69) is 15.6 Å². The maximum Gasteiger partial charge on any atom is 0.249 e. The first-order valence-electron chi connectivity index (χ1n) is 14.7. The van der Waals surface area contributed by atoms with E-state index in [0.717, 1.165) is 12.8 Å². The fourth-order valence-electron chi connectivity index (χ4n) is 5.57. The summed E-state index contributed by atoms with van der Waals surface area (Å²) in [7, 11) is 0. The number of nitrogens with zero attached hydrogens (tertiary/aromatic N) is 4. The van der Waals surface area contributed by atoms with Crippen molar-refractivity contribution in [2.24, 2.45) is 0 Å². The number of rotatable bonds is 11. The fourth-order valence-corrected chi connectivity index (χ4v) is 5.57. The molecule has 1 saturated heterocycles. The van der Waals surface area contributed by atoms with E-state index in [1.54, 1.807) is 25.1 Å². The number of carbonyl (C=O) groups excluding carboxylic acids is 3. The van der Waals surface area contributed by atoms with Gasteiger partial charge in [-0.05, 0) is 62.6 Å². The van der Waals surface area contributed by atoms with Gasteiger partial charge in [0, 0.05) is 24.8 Å². The van der Waals surface area contributed by atoms with Crippen molar-refractivity contribution in [1.29, 1.82) is 0 Å². The van der Waals surface area contributed by atoms with Gasteiger partial charge in [0.1, 0.15) is 18.1 Å². The number of nitrogens with one attached hydrogen (secondary N) is 1. The van der Waals surface area contributed by atoms with Crippen molar-refractivity contribution in [3.8, 4) is 23.0 Å². The first kappa shape index (κ1) is 29.9. The van der Waals surface area contributed by atoms with Crippen molar-refractivity contribution in [2.75, 3.05) is 31.5 Å². The minimum absolute atomic E-state index is 0.0595. The molecular weight excluding hydrogens is 582 g/mol. The van der Waals surface area contributed by atoms with Crippen LogP contribution in [0.5, 0.6) is 23.0 Å². The van der Waals surface area contributed by atoms with E-state index in [0.29, 0.717) is 34.7 Å². The van der Waals surface area contributed by atoms with E-state index >= 15 is 0 Å². The third-order valence-electron chi connectivity index (χ3n) is 7.74. The number of hydrogen-bond donors (Lipinski definition) is 2. The first-order chi connectivity index (χ1) is 21.8. The van der Waals surface area contributed by atoms with Gasteiger partial charge in [-0.1, -0.05) is 23.4 Å². The number of aromatic hydroxyl groups is 1. The molecule has 0 unspecified atom stereocenters. The summed E-state index contributed by atoms with van der Waals surface area (Å²) in [4.78, 5) is 43.2. The minimum Gasteiger partial charge on any atom is -0.504 e. The number of ether oxygens (including phenoxy) is 4. The molecule has 2 aliphatic heterocycles. The molecular formula is C32H33N5O8. The number of aromatic nitrogens is 3. The number of para-hydroxylation sites is 1. The van der Waals surface area contributed by atoms with Crippen molar-refractivity contribution in [3.63, 3.8) is 0 Å². The molecule has 0 radical (unpaired) electrons. The highest BCUT2D eigenvalue weighted by Gasteiger charge is 2.37. The molecule has 234 valence electrons. The molecule has 2 N–H and O–H groups in total. The second kappa shape index (κ2) is 12.8. The summed E-state index contributed by atoms with van der Waals surface area (Å²) in [5.41, 5.74) is 1.84. The highest BCUT2D eigenvalue weighted by atomic mass is 16.7. The largest absolute Gasteiger partial charge is 0.504 e. The minimum atomic E-state index is -1.31. The van der Waals surface area contributed by atoms with Gasteiger partial charge in [0.25, 0.3) is 0 Å². The molecule has 0 spiro atoms. The van der Waals surface area contributed by atoms with Crippen molar-refractivity contribution < 1.29 is 38.4 Å². The van der Waals surface area contributed by atoms with Crippen molar-refractivity contribution >= 4 is 34.3 Å². The number of Topliss-reactive ketones (excluding diaryl/α,β-unsaturated/α-hetero) is 1. The average molecular weight is 616 g/mol. The van der Waals surface area contributed by atoms with Gasteiger partial charge < -0.3 is 29.4 Å². The zero-order chi connectivity index (χ0) is 31.5. The van der Waals surface area contributed by atoms with Gasteiger partial charge in [-0.15, -0.1) is 5.10 Å². The quantitative estimate of drug-likeness (QED) is 0.240.